The average Bonchev–Trinajstić information content (AvgIpc) is 2.75. The molecule has 2 N–H and O–H groups in total. The zero-order valence-electron chi connectivity index (χ0n) is 10.5. The van der Waals surface area contributed by atoms with Crippen LogP contribution < -0.4 is 5.32 Å². The number of carboxylic acid groups (broad SMARTS) is 1. The number of anilines is 1. The van der Waals surface area contributed by atoms with E-state index in [1.54, 1.807) is 30.7 Å². The van der Waals surface area contributed by atoms with Crippen LogP contribution in [0.25, 0.3) is 0 Å². The van der Waals surface area contributed by atoms with Crippen molar-refractivity contribution in [2.45, 2.75) is 6.92 Å². The van der Waals surface area contributed by atoms with Crippen LogP contribution in [0.2, 0.25) is 0 Å². The number of rotatable bonds is 3. The summed E-state index contributed by atoms with van der Waals surface area (Å²) in [6.45, 7) is 1.68. The minimum absolute atomic E-state index is 0.221. The number of aromatic carboxylic acids is 1. The molecule has 0 bridgehead atoms. The van der Waals surface area contributed by atoms with E-state index < -0.39 is 5.97 Å². The molecule has 6 nitrogen and oxygen atoms in total. The van der Waals surface area contributed by atoms with Crippen LogP contribution in [0.15, 0.2) is 30.7 Å². The summed E-state index contributed by atoms with van der Waals surface area (Å²) in [5, 5.41) is 11.6. The van der Waals surface area contributed by atoms with E-state index in [2.05, 4.69) is 10.3 Å². The molecule has 0 aliphatic carbocycles. The molecule has 1 aromatic heterocycles. The van der Waals surface area contributed by atoms with E-state index in [9.17, 15) is 9.59 Å². The first-order valence-corrected chi connectivity index (χ1v) is 5.60. The van der Waals surface area contributed by atoms with Gasteiger partial charge in [-0.25, -0.2) is 9.78 Å². The molecule has 0 aliphatic heterocycles. The molecular weight excluding hydrogens is 246 g/mol. The van der Waals surface area contributed by atoms with Crippen molar-refractivity contribution in [2.75, 3.05) is 5.32 Å². The van der Waals surface area contributed by atoms with Crippen LogP contribution in [0.3, 0.4) is 0 Å². The average molecular weight is 259 g/mol. The number of imidazole rings is 1. The van der Waals surface area contributed by atoms with Crippen LogP contribution in [0.5, 0.6) is 0 Å². The van der Waals surface area contributed by atoms with Gasteiger partial charge in [0.2, 0.25) is 0 Å². The monoisotopic (exact) mass is 259 g/mol. The highest BCUT2D eigenvalue weighted by Gasteiger charge is 2.12. The third kappa shape index (κ3) is 2.62. The molecule has 1 aromatic carbocycles. The third-order valence-electron chi connectivity index (χ3n) is 2.76. The maximum atomic E-state index is 11.9. The number of carbonyl (C=O) groups excluding carboxylic acids is 1. The second-order valence-corrected chi connectivity index (χ2v) is 4.18. The number of nitrogens with one attached hydrogen (secondary N) is 1. The summed E-state index contributed by atoms with van der Waals surface area (Å²) in [4.78, 5) is 26.7. The zero-order chi connectivity index (χ0) is 14.0. The second-order valence-electron chi connectivity index (χ2n) is 4.18. The minimum Gasteiger partial charge on any atom is -0.478 e. The van der Waals surface area contributed by atoms with Gasteiger partial charge in [-0.2, -0.15) is 0 Å². The predicted molar refractivity (Wildman–Crippen MR) is 69.3 cm³/mol. The van der Waals surface area contributed by atoms with Gasteiger partial charge in [-0.05, 0) is 30.7 Å². The van der Waals surface area contributed by atoms with Gasteiger partial charge in [0.1, 0.15) is 5.69 Å². The van der Waals surface area contributed by atoms with E-state index in [-0.39, 0.29) is 11.5 Å². The van der Waals surface area contributed by atoms with Crippen molar-refractivity contribution in [3.05, 3.63) is 47.5 Å². The number of aryl methyl sites for hydroxylation is 2. The van der Waals surface area contributed by atoms with Gasteiger partial charge in [0.15, 0.2) is 0 Å². The van der Waals surface area contributed by atoms with Crippen molar-refractivity contribution >= 4 is 17.6 Å². The number of carbonyl (C=O) groups is 2. The Kier molecular flexibility index (Phi) is 3.33. The molecule has 0 spiro atoms. The number of amides is 1. The van der Waals surface area contributed by atoms with Gasteiger partial charge < -0.3 is 15.0 Å². The molecule has 0 atom stereocenters. The summed E-state index contributed by atoms with van der Waals surface area (Å²) in [5.74, 6) is -1.27. The minimum atomic E-state index is -0.984. The summed E-state index contributed by atoms with van der Waals surface area (Å²) in [6, 6.07) is 4.65. The Morgan fingerprint density at radius 3 is 2.63 bits per heavy atom. The van der Waals surface area contributed by atoms with Crippen molar-refractivity contribution in [3.63, 3.8) is 0 Å². The molecule has 1 amide bonds. The molecule has 0 unspecified atom stereocenters. The van der Waals surface area contributed by atoms with Crippen LogP contribution in [-0.4, -0.2) is 26.5 Å². The Balaban J connectivity index is 2.21. The van der Waals surface area contributed by atoms with Crippen LogP contribution >= 0.6 is 0 Å². The molecule has 0 fully saturated rings. The highest BCUT2D eigenvalue weighted by atomic mass is 16.4. The first-order chi connectivity index (χ1) is 8.99. The normalized spacial score (nSPS) is 10.2. The second kappa shape index (κ2) is 4.93. The lowest BCUT2D eigenvalue weighted by atomic mass is 10.1. The summed E-state index contributed by atoms with van der Waals surface area (Å²) in [6.07, 6.45) is 3.00. The number of carboxylic acids is 1. The topological polar surface area (TPSA) is 84.2 Å². The fourth-order valence-corrected chi connectivity index (χ4v) is 1.75. The number of hydrogen-bond donors (Lipinski definition) is 2. The molecule has 6 heteroatoms. The Morgan fingerprint density at radius 1 is 1.37 bits per heavy atom. The van der Waals surface area contributed by atoms with E-state index in [1.165, 1.54) is 18.6 Å². The van der Waals surface area contributed by atoms with Gasteiger partial charge in [-0.15, -0.1) is 0 Å². The van der Waals surface area contributed by atoms with Crippen LogP contribution in [0.1, 0.15) is 26.4 Å². The predicted octanol–water partition coefficient (Wildman–Crippen LogP) is 1.68. The lowest BCUT2D eigenvalue weighted by Gasteiger charge is -2.08. The number of benzene rings is 1. The largest absolute Gasteiger partial charge is 0.478 e. The maximum absolute atomic E-state index is 11.9. The molecule has 0 aliphatic rings. The fraction of sp³-hybridized carbons (Fsp3) is 0.154. The Bertz CT molecular complexity index is 646. The van der Waals surface area contributed by atoms with Crippen molar-refractivity contribution in [3.8, 4) is 0 Å². The van der Waals surface area contributed by atoms with Gasteiger partial charge in [-0.1, -0.05) is 0 Å². The van der Waals surface area contributed by atoms with Gasteiger partial charge in [-0.3, -0.25) is 4.79 Å². The molecule has 0 saturated carbocycles. The summed E-state index contributed by atoms with van der Waals surface area (Å²) >= 11 is 0. The van der Waals surface area contributed by atoms with Gasteiger partial charge >= 0.3 is 5.97 Å². The van der Waals surface area contributed by atoms with Crippen molar-refractivity contribution in [1.82, 2.24) is 9.55 Å². The van der Waals surface area contributed by atoms with E-state index in [4.69, 9.17) is 5.11 Å². The van der Waals surface area contributed by atoms with Crippen molar-refractivity contribution in [1.29, 1.82) is 0 Å². The molecule has 0 saturated heterocycles. The number of hydrogen-bond acceptors (Lipinski definition) is 3. The lowest BCUT2D eigenvalue weighted by Crippen LogP contribution is -2.15. The quantitative estimate of drug-likeness (QED) is 0.878. The molecule has 19 heavy (non-hydrogen) atoms. The molecule has 0 radical (unpaired) electrons. The summed E-state index contributed by atoms with van der Waals surface area (Å²) in [5.41, 5.74) is 1.79. The van der Waals surface area contributed by atoms with Crippen LogP contribution in [0, 0.1) is 6.92 Å². The lowest BCUT2D eigenvalue weighted by molar-refractivity contribution is 0.0696. The Morgan fingerprint density at radius 2 is 2.11 bits per heavy atom. The van der Waals surface area contributed by atoms with Crippen molar-refractivity contribution < 1.29 is 14.7 Å². The summed E-state index contributed by atoms with van der Waals surface area (Å²) in [7, 11) is 1.72. The first kappa shape index (κ1) is 12.8. The highest BCUT2D eigenvalue weighted by Crippen LogP contribution is 2.16. The smallest absolute Gasteiger partial charge is 0.335 e. The fourth-order valence-electron chi connectivity index (χ4n) is 1.75. The molecular formula is C13H13N3O3. The van der Waals surface area contributed by atoms with Crippen molar-refractivity contribution in [2.24, 2.45) is 7.05 Å². The number of aromatic nitrogens is 2. The van der Waals surface area contributed by atoms with E-state index in [0.717, 1.165) is 0 Å². The molecule has 98 valence electrons. The maximum Gasteiger partial charge on any atom is 0.335 e. The van der Waals surface area contributed by atoms with Crippen LogP contribution in [-0.2, 0) is 7.05 Å². The van der Waals surface area contributed by atoms with Gasteiger partial charge in [0.05, 0.1) is 18.1 Å². The van der Waals surface area contributed by atoms with E-state index in [1.807, 2.05) is 0 Å². The standard InChI is InChI=1S/C13H13N3O3/c1-8-5-9(3-4-10(8)13(18)19)15-12(17)11-6-14-7-16(11)2/h3-7H,1-2H3,(H,15,17)(H,18,19). The molecule has 2 rings (SSSR count). The van der Waals surface area contributed by atoms with Crippen LogP contribution in [0.4, 0.5) is 5.69 Å². The molecule has 1 heterocycles. The highest BCUT2D eigenvalue weighted by molar-refractivity contribution is 6.03. The Labute approximate surface area is 109 Å². The van der Waals surface area contributed by atoms with E-state index >= 15 is 0 Å². The van der Waals surface area contributed by atoms with E-state index in [0.29, 0.717) is 16.9 Å². The van der Waals surface area contributed by atoms with Gasteiger partial charge in [0.25, 0.3) is 5.91 Å². The first-order valence-electron chi connectivity index (χ1n) is 5.60. The Hall–Kier alpha value is -2.63. The van der Waals surface area contributed by atoms with Gasteiger partial charge in [0, 0.05) is 12.7 Å². The summed E-state index contributed by atoms with van der Waals surface area (Å²) < 4.78 is 1.60. The third-order valence-corrected chi connectivity index (χ3v) is 2.76. The SMILES string of the molecule is Cc1cc(NC(=O)c2cncn2C)ccc1C(=O)O. The number of nitrogens with zero attached hydrogens (tertiary/aromatic N) is 2. The molecule has 2 aromatic rings. The zero-order valence-corrected chi connectivity index (χ0v) is 10.5.